The van der Waals surface area contributed by atoms with Gasteiger partial charge in [-0.15, -0.1) is 4.40 Å². The summed E-state index contributed by atoms with van der Waals surface area (Å²) in [6.07, 6.45) is 6.41. The van der Waals surface area contributed by atoms with Crippen molar-refractivity contribution in [2.75, 3.05) is 6.54 Å². The highest BCUT2D eigenvalue weighted by Crippen LogP contribution is 2.29. The average Bonchev–Trinajstić information content (AvgIpc) is 2.55. The van der Waals surface area contributed by atoms with Gasteiger partial charge in [-0.2, -0.15) is 0 Å². The van der Waals surface area contributed by atoms with Crippen molar-refractivity contribution in [1.82, 2.24) is 0 Å². The van der Waals surface area contributed by atoms with Crippen molar-refractivity contribution >= 4 is 16.4 Å². The minimum absolute atomic E-state index is 0.138. The van der Waals surface area contributed by atoms with E-state index in [1.165, 1.54) is 12.1 Å². The molecule has 3 rings (SSSR count). The molecule has 2 unspecified atom stereocenters. The van der Waals surface area contributed by atoms with Crippen LogP contribution >= 0.6 is 0 Å². The minimum atomic E-state index is -3.24. The van der Waals surface area contributed by atoms with Crippen LogP contribution in [-0.4, -0.2) is 32.7 Å². The summed E-state index contributed by atoms with van der Waals surface area (Å²) in [5.41, 5.74) is 6.48. The quantitative estimate of drug-likeness (QED) is 0.914. The van der Waals surface area contributed by atoms with E-state index < -0.39 is 10.0 Å². The van der Waals surface area contributed by atoms with Gasteiger partial charge in [0.05, 0.1) is 0 Å². The van der Waals surface area contributed by atoms with E-state index in [1.54, 1.807) is 12.1 Å². The van der Waals surface area contributed by atoms with Crippen LogP contribution in [0.1, 0.15) is 37.7 Å². The van der Waals surface area contributed by atoms with E-state index in [4.69, 9.17) is 10.5 Å². The lowest BCUT2D eigenvalue weighted by molar-refractivity contribution is 0.150. The molecule has 23 heavy (non-hydrogen) atoms. The second kappa shape index (κ2) is 8.40. The molecule has 1 saturated carbocycles. The van der Waals surface area contributed by atoms with Gasteiger partial charge in [0.2, 0.25) is 0 Å². The van der Waals surface area contributed by atoms with Gasteiger partial charge in [0, 0.05) is 0 Å². The smallest absolute Gasteiger partial charge is 0.262 e. The fraction of sp³-hybridized carbons (Fsp3) is 0.562. The van der Waals surface area contributed by atoms with Crippen LogP contribution in [0.5, 0.6) is 0 Å². The van der Waals surface area contributed by atoms with E-state index in [2.05, 4.69) is 4.40 Å². The molecule has 1 fully saturated rings. The highest BCUT2D eigenvalue weighted by molar-refractivity contribution is 7.91. The van der Waals surface area contributed by atoms with Gasteiger partial charge in [-0.05, 0) is 56.3 Å². The summed E-state index contributed by atoms with van der Waals surface area (Å²) in [4.78, 5) is 0. The number of ether oxygens (including phenoxy) is 1. The third kappa shape index (κ3) is 5.28. The first-order valence-electron chi connectivity index (χ1n) is 7.90. The number of benzene rings is 1. The summed E-state index contributed by atoms with van der Waals surface area (Å²) in [7, 11) is -3.24. The van der Waals surface area contributed by atoms with Crippen LogP contribution in [0.15, 0.2) is 28.7 Å². The molecule has 7 heteroatoms. The highest BCUT2D eigenvalue weighted by Gasteiger charge is 2.38. The summed E-state index contributed by atoms with van der Waals surface area (Å²) in [6, 6.07) is 6.55. The normalized spacial score (nSPS) is 24.8. The summed E-state index contributed by atoms with van der Waals surface area (Å²) in [5, 5.41) is -0.378. The van der Waals surface area contributed by atoms with Gasteiger partial charge in [-0.1, -0.05) is 18.6 Å². The van der Waals surface area contributed by atoms with E-state index in [0.29, 0.717) is 13.0 Å². The van der Waals surface area contributed by atoms with Crippen molar-refractivity contribution < 1.29 is 17.5 Å². The standard InChI is InChI=1S/C9H12FN.C7H11NO3S/c10-9-5-3-8(4-6-9)2-1-7-11;9-12(10)7-4-2-1-3-6(7)11-5-8-12/h3-6H,1-2,7,11H2;5-7H,1-4H2. The predicted octanol–water partition coefficient (Wildman–Crippen LogP) is 2.40. The lowest BCUT2D eigenvalue weighted by Gasteiger charge is -2.30. The van der Waals surface area contributed by atoms with Gasteiger partial charge < -0.3 is 10.5 Å². The Balaban J connectivity index is 0.000000168. The Morgan fingerprint density at radius 2 is 1.91 bits per heavy atom. The number of aryl methyl sites for hydroxylation is 1. The number of nitrogens with two attached hydrogens (primary N) is 1. The fourth-order valence-corrected chi connectivity index (χ4v) is 4.13. The molecule has 0 bridgehead atoms. The number of halogens is 1. The molecular weight excluding hydrogens is 319 g/mol. The first kappa shape index (κ1) is 17.9. The maximum atomic E-state index is 12.4. The Morgan fingerprint density at radius 3 is 2.57 bits per heavy atom. The van der Waals surface area contributed by atoms with Crippen LogP contribution in [0.2, 0.25) is 0 Å². The molecule has 0 radical (unpaired) electrons. The molecule has 0 saturated heterocycles. The van der Waals surface area contributed by atoms with Crippen LogP contribution in [0.3, 0.4) is 0 Å². The predicted molar refractivity (Wildman–Crippen MR) is 88.3 cm³/mol. The maximum Gasteiger partial charge on any atom is 0.262 e. The topological polar surface area (TPSA) is 81.8 Å². The third-order valence-electron chi connectivity index (χ3n) is 4.03. The van der Waals surface area contributed by atoms with Gasteiger partial charge in [-0.25, -0.2) is 12.8 Å². The van der Waals surface area contributed by atoms with Crippen LogP contribution in [0.4, 0.5) is 4.39 Å². The Kier molecular flexibility index (Phi) is 6.53. The van der Waals surface area contributed by atoms with Crippen molar-refractivity contribution in [3.63, 3.8) is 0 Å². The van der Waals surface area contributed by atoms with E-state index >= 15 is 0 Å². The van der Waals surface area contributed by atoms with Gasteiger partial charge in [0.1, 0.15) is 17.2 Å². The van der Waals surface area contributed by atoms with E-state index in [1.807, 2.05) is 0 Å². The highest BCUT2D eigenvalue weighted by atomic mass is 32.2. The van der Waals surface area contributed by atoms with Gasteiger partial charge >= 0.3 is 0 Å². The number of sulfonamides is 1. The van der Waals surface area contributed by atoms with Crippen LogP contribution in [0, 0.1) is 5.82 Å². The number of rotatable bonds is 3. The Hall–Kier alpha value is -1.47. The zero-order valence-electron chi connectivity index (χ0n) is 13.0. The van der Waals surface area contributed by atoms with Gasteiger partial charge in [0.25, 0.3) is 10.0 Å². The minimum Gasteiger partial charge on any atom is -0.478 e. The van der Waals surface area contributed by atoms with Crippen molar-refractivity contribution in [3.05, 3.63) is 35.6 Å². The molecule has 0 spiro atoms. The molecule has 128 valence electrons. The first-order valence-corrected chi connectivity index (χ1v) is 9.41. The van der Waals surface area contributed by atoms with Crippen molar-refractivity contribution in [2.24, 2.45) is 10.1 Å². The second-order valence-corrected chi connectivity index (χ2v) is 7.59. The number of fused-ring (bicyclic) bond motifs is 1. The van der Waals surface area contributed by atoms with Crippen LogP contribution in [0.25, 0.3) is 0 Å². The molecule has 2 N–H and O–H groups in total. The summed E-state index contributed by atoms with van der Waals surface area (Å²) >= 11 is 0. The number of nitrogens with zero attached hydrogens (tertiary/aromatic N) is 1. The molecule has 2 aliphatic rings. The molecule has 1 aromatic carbocycles. The van der Waals surface area contributed by atoms with Crippen molar-refractivity contribution in [3.8, 4) is 0 Å². The number of hydrogen-bond acceptors (Lipinski definition) is 4. The Morgan fingerprint density at radius 1 is 1.22 bits per heavy atom. The molecule has 1 aliphatic carbocycles. The van der Waals surface area contributed by atoms with Gasteiger partial charge in [0.15, 0.2) is 6.40 Å². The van der Waals surface area contributed by atoms with Crippen LogP contribution in [-0.2, 0) is 21.2 Å². The van der Waals surface area contributed by atoms with E-state index in [0.717, 1.165) is 44.1 Å². The molecule has 1 aromatic rings. The van der Waals surface area contributed by atoms with E-state index in [-0.39, 0.29) is 17.2 Å². The molecule has 2 atom stereocenters. The molecule has 1 heterocycles. The fourth-order valence-electron chi connectivity index (χ4n) is 2.76. The summed E-state index contributed by atoms with van der Waals surface area (Å²) < 4.78 is 43.6. The molecule has 1 aliphatic heterocycles. The maximum absolute atomic E-state index is 12.4. The average molecular weight is 342 g/mol. The molecule has 0 amide bonds. The van der Waals surface area contributed by atoms with E-state index in [9.17, 15) is 12.8 Å². The van der Waals surface area contributed by atoms with Crippen LogP contribution < -0.4 is 5.73 Å². The molecule has 5 nitrogen and oxygen atoms in total. The zero-order chi connectivity index (χ0) is 16.7. The Bertz CT molecular complexity index is 617. The van der Waals surface area contributed by atoms with Crippen molar-refractivity contribution in [2.45, 2.75) is 49.9 Å². The molecule has 0 aromatic heterocycles. The van der Waals surface area contributed by atoms with Gasteiger partial charge in [-0.3, -0.25) is 0 Å². The lowest BCUT2D eigenvalue weighted by atomic mass is 9.97. The largest absolute Gasteiger partial charge is 0.478 e. The third-order valence-corrected chi connectivity index (χ3v) is 5.72. The molecular formula is C16H23FN2O3S. The zero-order valence-corrected chi connectivity index (χ0v) is 13.8. The SMILES string of the molecule is NCCCc1ccc(F)cc1.O=S1(=O)N=COC2CCCCC21. The monoisotopic (exact) mass is 342 g/mol. The van der Waals surface area contributed by atoms with Crippen molar-refractivity contribution in [1.29, 1.82) is 0 Å². The summed E-state index contributed by atoms with van der Waals surface area (Å²) in [5.74, 6) is -0.179. The summed E-state index contributed by atoms with van der Waals surface area (Å²) in [6.45, 7) is 0.692. The second-order valence-electron chi connectivity index (χ2n) is 5.74. The lowest BCUT2D eigenvalue weighted by Crippen LogP contribution is -2.40. The first-order chi connectivity index (χ1) is 11.0. The Labute approximate surface area is 136 Å². The number of hydrogen-bond donors (Lipinski definition) is 1.